The van der Waals surface area contributed by atoms with Crippen LogP contribution in [0.25, 0.3) is 0 Å². The van der Waals surface area contributed by atoms with Gasteiger partial charge in [0.25, 0.3) is 0 Å². The first-order valence-corrected chi connectivity index (χ1v) is 5.51. The number of rotatable bonds is 6. The first-order chi connectivity index (χ1) is 7.83. The molecule has 0 heterocycles. The van der Waals surface area contributed by atoms with E-state index in [9.17, 15) is 0 Å². The van der Waals surface area contributed by atoms with Crippen LogP contribution in [0.1, 0.15) is 5.56 Å². The zero-order chi connectivity index (χ0) is 11.8. The Hall–Kier alpha value is -1.19. The van der Waals surface area contributed by atoms with Crippen LogP contribution in [0.2, 0.25) is 0 Å². The molecular weight excluding hydrogens is 226 g/mol. The van der Waals surface area contributed by atoms with Crippen molar-refractivity contribution in [1.29, 1.82) is 0 Å². The lowest BCUT2D eigenvalue weighted by Crippen LogP contribution is -2.06. The van der Waals surface area contributed by atoms with Gasteiger partial charge in [-0.25, -0.2) is 0 Å². The number of nitrogens with two attached hydrogens (primary N) is 1. The van der Waals surface area contributed by atoms with E-state index < -0.39 is 0 Å². The Kier molecular flexibility index (Phi) is 5.75. The monoisotopic (exact) mass is 241 g/mol. The van der Waals surface area contributed by atoms with Crippen LogP contribution in [-0.2, 0) is 6.42 Å². The normalized spacial score (nSPS) is 10.7. The highest BCUT2D eigenvalue weighted by atomic mass is 35.5. The average Bonchev–Trinajstić information content (AvgIpc) is 2.31. The predicted octanol–water partition coefficient (Wildman–Crippen LogP) is 2.33. The number of methoxy groups -OCH3 is 1. The smallest absolute Gasteiger partial charge is 0.164 e. The number of para-hydroxylation sites is 1. The van der Waals surface area contributed by atoms with Gasteiger partial charge in [0.1, 0.15) is 6.61 Å². The molecule has 0 radical (unpaired) electrons. The lowest BCUT2D eigenvalue weighted by atomic mass is 10.1. The van der Waals surface area contributed by atoms with Crippen LogP contribution in [0.5, 0.6) is 11.5 Å². The molecule has 1 rings (SSSR count). The van der Waals surface area contributed by atoms with Gasteiger partial charge in [0.2, 0.25) is 0 Å². The van der Waals surface area contributed by atoms with Crippen molar-refractivity contribution in [3.05, 3.63) is 35.4 Å². The summed E-state index contributed by atoms with van der Waals surface area (Å²) < 4.78 is 10.8. The third-order valence-corrected chi connectivity index (χ3v) is 2.29. The summed E-state index contributed by atoms with van der Waals surface area (Å²) >= 11 is 5.43. The number of hydrogen-bond donors (Lipinski definition) is 1. The molecule has 0 saturated heterocycles. The maximum absolute atomic E-state index is 5.60. The Bertz CT molecular complexity index is 353. The molecule has 88 valence electrons. The van der Waals surface area contributed by atoms with Crippen LogP contribution in [-0.4, -0.2) is 20.3 Å². The van der Waals surface area contributed by atoms with Gasteiger partial charge in [-0.2, -0.15) is 0 Å². The Morgan fingerprint density at radius 2 is 2.25 bits per heavy atom. The number of ether oxygens (including phenoxy) is 2. The predicted molar refractivity (Wildman–Crippen MR) is 66.2 cm³/mol. The molecule has 0 saturated carbocycles. The van der Waals surface area contributed by atoms with Crippen molar-refractivity contribution in [2.75, 3.05) is 20.3 Å². The minimum absolute atomic E-state index is 0.418. The molecule has 0 unspecified atom stereocenters. The molecule has 0 amide bonds. The summed E-state index contributed by atoms with van der Waals surface area (Å²) in [5.41, 5.74) is 8.02. The molecule has 0 aliphatic carbocycles. The first kappa shape index (κ1) is 12.9. The van der Waals surface area contributed by atoms with Gasteiger partial charge in [-0.3, -0.25) is 0 Å². The fourth-order valence-corrected chi connectivity index (χ4v) is 1.48. The molecule has 4 heteroatoms. The van der Waals surface area contributed by atoms with Crippen LogP contribution in [0.4, 0.5) is 0 Å². The maximum Gasteiger partial charge on any atom is 0.164 e. The molecule has 0 fully saturated rings. The Balaban J connectivity index is 2.89. The lowest BCUT2D eigenvalue weighted by Gasteiger charge is -2.13. The Labute approximate surface area is 101 Å². The van der Waals surface area contributed by atoms with Crippen molar-refractivity contribution in [3.8, 4) is 11.5 Å². The number of benzene rings is 1. The second-order valence-corrected chi connectivity index (χ2v) is 3.41. The molecule has 0 aliphatic rings. The second kappa shape index (κ2) is 7.14. The van der Waals surface area contributed by atoms with E-state index in [1.807, 2.05) is 18.2 Å². The van der Waals surface area contributed by atoms with Crippen LogP contribution in [0.3, 0.4) is 0 Å². The number of hydrogen-bond acceptors (Lipinski definition) is 3. The van der Waals surface area contributed by atoms with E-state index in [-0.39, 0.29) is 0 Å². The van der Waals surface area contributed by atoms with Gasteiger partial charge in [-0.05, 0) is 30.7 Å². The van der Waals surface area contributed by atoms with Crippen molar-refractivity contribution in [1.82, 2.24) is 0 Å². The van der Waals surface area contributed by atoms with E-state index in [0.29, 0.717) is 18.9 Å². The Morgan fingerprint density at radius 1 is 1.44 bits per heavy atom. The van der Waals surface area contributed by atoms with Gasteiger partial charge >= 0.3 is 0 Å². The van der Waals surface area contributed by atoms with E-state index in [4.69, 9.17) is 26.8 Å². The van der Waals surface area contributed by atoms with Crippen LogP contribution in [0.15, 0.2) is 29.8 Å². The van der Waals surface area contributed by atoms with E-state index in [1.54, 1.807) is 13.2 Å². The highest BCUT2D eigenvalue weighted by molar-refractivity contribution is 6.25. The third kappa shape index (κ3) is 3.43. The molecule has 0 aromatic heterocycles. The highest BCUT2D eigenvalue weighted by Gasteiger charge is 2.08. The molecule has 16 heavy (non-hydrogen) atoms. The highest BCUT2D eigenvalue weighted by Crippen LogP contribution is 2.31. The van der Waals surface area contributed by atoms with Gasteiger partial charge in [0.15, 0.2) is 11.5 Å². The molecule has 0 bridgehead atoms. The van der Waals surface area contributed by atoms with Crippen molar-refractivity contribution in [2.45, 2.75) is 6.42 Å². The van der Waals surface area contributed by atoms with Crippen LogP contribution in [0, 0.1) is 0 Å². The average molecular weight is 242 g/mol. The van der Waals surface area contributed by atoms with Crippen LogP contribution >= 0.6 is 11.6 Å². The SMILES string of the molecule is COc1cccc(CCN)c1OC/C=C/Cl. The summed E-state index contributed by atoms with van der Waals surface area (Å²) in [6, 6.07) is 5.77. The molecule has 1 aromatic rings. The summed E-state index contributed by atoms with van der Waals surface area (Å²) in [4.78, 5) is 0. The Morgan fingerprint density at radius 3 is 2.88 bits per heavy atom. The largest absolute Gasteiger partial charge is 0.493 e. The quantitative estimate of drug-likeness (QED) is 0.832. The molecule has 0 atom stereocenters. The number of halogens is 1. The summed E-state index contributed by atoms with van der Waals surface area (Å²) in [6.45, 7) is 0.996. The van der Waals surface area contributed by atoms with E-state index in [1.165, 1.54) is 5.54 Å². The van der Waals surface area contributed by atoms with Crippen molar-refractivity contribution >= 4 is 11.6 Å². The molecule has 0 spiro atoms. The van der Waals surface area contributed by atoms with Crippen molar-refractivity contribution in [3.63, 3.8) is 0 Å². The van der Waals surface area contributed by atoms with Gasteiger partial charge in [0, 0.05) is 5.54 Å². The van der Waals surface area contributed by atoms with Crippen LogP contribution < -0.4 is 15.2 Å². The summed E-state index contributed by atoms with van der Waals surface area (Å²) in [5, 5.41) is 0. The molecular formula is C12H16ClNO2. The standard InChI is InChI=1S/C12H16ClNO2/c1-15-11-5-2-4-10(6-8-14)12(11)16-9-3-7-13/h2-5,7H,6,8-9,14H2,1H3/b7-3+. The maximum atomic E-state index is 5.60. The van der Waals surface area contributed by atoms with Crippen molar-refractivity contribution < 1.29 is 9.47 Å². The van der Waals surface area contributed by atoms with Gasteiger partial charge in [-0.15, -0.1) is 0 Å². The van der Waals surface area contributed by atoms with Gasteiger partial charge in [0.05, 0.1) is 7.11 Å². The zero-order valence-corrected chi connectivity index (χ0v) is 10.0. The van der Waals surface area contributed by atoms with E-state index in [2.05, 4.69) is 0 Å². The third-order valence-electron chi connectivity index (χ3n) is 2.11. The molecule has 3 nitrogen and oxygen atoms in total. The lowest BCUT2D eigenvalue weighted by molar-refractivity contribution is 0.323. The molecule has 2 N–H and O–H groups in total. The summed E-state index contributed by atoms with van der Waals surface area (Å²) in [6.07, 6.45) is 2.48. The summed E-state index contributed by atoms with van der Waals surface area (Å²) in [5.74, 6) is 1.46. The zero-order valence-electron chi connectivity index (χ0n) is 9.28. The fraction of sp³-hybridized carbons (Fsp3) is 0.333. The summed E-state index contributed by atoms with van der Waals surface area (Å²) in [7, 11) is 1.62. The fourth-order valence-electron chi connectivity index (χ4n) is 1.41. The van der Waals surface area contributed by atoms with Crippen molar-refractivity contribution in [2.24, 2.45) is 5.73 Å². The molecule has 1 aromatic carbocycles. The first-order valence-electron chi connectivity index (χ1n) is 5.07. The van der Waals surface area contributed by atoms with E-state index >= 15 is 0 Å². The molecule has 0 aliphatic heterocycles. The van der Waals surface area contributed by atoms with Gasteiger partial charge in [-0.1, -0.05) is 23.7 Å². The topological polar surface area (TPSA) is 44.5 Å². The minimum Gasteiger partial charge on any atom is -0.493 e. The second-order valence-electron chi connectivity index (χ2n) is 3.16. The van der Waals surface area contributed by atoms with Gasteiger partial charge < -0.3 is 15.2 Å². The minimum atomic E-state index is 0.418. The van der Waals surface area contributed by atoms with E-state index in [0.717, 1.165) is 17.7 Å².